The fourth-order valence-corrected chi connectivity index (χ4v) is 2.38. The van der Waals surface area contributed by atoms with E-state index in [0.717, 1.165) is 11.1 Å². The van der Waals surface area contributed by atoms with Crippen LogP contribution in [0.25, 0.3) is 0 Å². The highest BCUT2D eigenvalue weighted by molar-refractivity contribution is 6.12. The summed E-state index contributed by atoms with van der Waals surface area (Å²) in [5.74, 6) is 0.215. The Hall–Kier alpha value is -1.96. The molecule has 0 aromatic rings. The van der Waals surface area contributed by atoms with Crippen LogP contribution in [0.15, 0.2) is 59.3 Å². The van der Waals surface area contributed by atoms with Crippen molar-refractivity contribution in [3.05, 3.63) is 59.3 Å². The molecule has 0 bridgehead atoms. The maximum atomic E-state index is 11.8. The van der Waals surface area contributed by atoms with Gasteiger partial charge in [0.05, 0.1) is 0 Å². The predicted molar refractivity (Wildman–Crippen MR) is 60.7 cm³/mol. The van der Waals surface area contributed by atoms with Gasteiger partial charge in [0.2, 0.25) is 0 Å². The van der Waals surface area contributed by atoms with E-state index in [1.165, 1.54) is 6.08 Å². The molecule has 0 amide bonds. The summed E-state index contributed by atoms with van der Waals surface area (Å²) >= 11 is 0. The monoisotopic (exact) mass is 210 g/mol. The molecule has 16 heavy (non-hydrogen) atoms. The van der Waals surface area contributed by atoms with Crippen LogP contribution < -0.4 is 0 Å². The van der Waals surface area contributed by atoms with Crippen molar-refractivity contribution in [1.29, 1.82) is 0 Å². The van der Waals surface area contributed by atoms with E-state index < -0.39 is 0 Å². The maximum absolute atomic E-state index is 11.8. The van der Waals surface area contributed by atoms with E-state index in [-0.39, 0.29) is 17.5 Å². The Balaban J connectivity index is 2.13. The zero-order chi connectivity index (χ0) is 11.1. The van der Waals surface area contributed by atoms with Gasteiger partial charge in [-0.15, -0.1) is 0 Å². The first kappa shape index (κ1) is 9.28. The number of carbonyl (C=O) groups excluding carboxylic acids is 2. The first-order chi connectivity index (χ1) is 7.75. The Morgan fingerprint density at radius 1 is 1.06 bits per heavy atom. The summed E-state index contributed by atoms with van der Waals surface area (Å²) < 4.78 is 0. The van der Waals surface area contributed by atoms with Gasteiger partial charge in [-0.05, 0) is 29.4 Å². The molecule has 78 valence electrons. The number of ketones is 2. The lowest BCUT2D eigenvalue weighted by Crippen LogP contribution is -2.21. The molecule has 0 N–H and O–H groups in total. The summed E-state index contributed by atoms with van der Waals surface area (Å²) in [6, 6.07) is 0. The minimum Gasteiger partial charge on any atom is -0.294 e. The molecule has 0 saturated carbocycles. The number of fused-ring (bicyclic) bond motifs is 2. The minimum atomic E-state index is 0.0185. The number of hydrogen-bond acceptors (Lipinski definition) is 2. The lowest BCUT2D eigenvalue weighted by Gasteiger charge is -2.27. The SMILES string of the molecule is O=C1C=CC2=C(C1)C1C=CC=CC1=CC2=O. The topological polar surface area (TPSA) is 34.1 Å². The van der Waals surface area contributed by atoms with Crippen LogP contribution in [-0.4, -0.2) is 11.6 Å². The molecule has 0 radical (unpaired) electrons. The van der Waals surface area contributed by atoms with Crippen LogP contribution in [-0.2, 0) is 9.59 Å². The van der Waals surface area contributed by atoms with Gasteiger partial charge < -0.3 is 0 Å². The van der Waals surface area contributed by atoms with Gasteiger partial charge in [0.15, 0.2) is 11.6 Å². The molecule has 0 heterocycles. The number of hydrogen-bond donors (Lipinski definition) is 0. The normalized spacial score (nSPS) is 26.8. The van der Waals surface area contributed by atoms with Crippen LogP contribution in [0.3, 0.4) is 0 Å². The second-order valence-corrected chi connectivity index (χ2v) is 4.15. The van der Waals surface area contributed by atoms with Crippen molar-refractivity contribution in [3.63, 3.8) is 0 Å². The first-order valence-electron chi connectivity index (χ1n) is 5.30. The van der Waals surface area contributed by atoms with Gasteiger partial charge in [-0.3, -0.25) is 9.59 Å². The summed E-state index contributed by atoms with van der Waals surface area (Å²) in [4.78, 5) is 23.2. The second kappa shape index (κ2) is 3.27. The molecule has 0 aromatic carbocycles. The zero-order valence-corrected chi connectivity index (χ0v) is 8.64. The molecule has 0 saturated heterocycles. The minimum absolute atomic E-state index is 0.0185. The van der Waals surface area contributed by atoms with Crippen LogP contribution in [0.2, 0.25) is 0 Å². The van der Waals surface area contributed by atoms with Gasteiger partial charge in [-0.1, -0.05) is 24.3 Å². The van der Waals surface area contributed by atoms with Gasteiger partial charge in [-0.25, -0.2) is 0 Å². The molecule has 0 spiro atoms. The van der Waals surface area contributed by atoms with Crippen LogP contribution in [0.5, 0.6) is 0 Å². The standard InChI is InChI=1S/C14H10O2/c15-10-5-6-12-13(8-10)11-4-2-1-3-9(11)7-14(12)16/h1-7,11H,8H2. The molecule has 0 aliphatic heterocycles. The molecule has 1 unspecified atom stereocenters. The largest absolute Gasteiger partial charge is 0.294 e. The number of carbonyl (C=O) groups is 2. The van der Waals surface area contributed by atoms with Crippen molar-refractivity contribution in [1.82, 2.24) is 0 Å². The van der Waals surface area contributed by atoms with E-state index in [1.54, 1.807) is 12.2 Å². The van der Waals surface area contributed by atoms with Gasteiger partial charge >= 0.3 is 0 Å². The third-order valence-corrected chi connectivity index (χ3v) is 3.15. The third kappa shape index (κ3) is 1.27. The van der Waals surface area contributed by atoms with Gasteiger partial charge in [0.1, 0.15) is 0 Å². The van der Waals surface area contributed by atoms with E-state index in [2.05, 4.69) is 0 Å². The Kier molecular flexibility index (Phi) is 1.90. The van der Waals surface area contributed by atoms with Crippen molar-refractivity contribution in [2.24, 2.45) is 5.92 Å². The number of rotatable bonds is 0. The van der Waals surface area contributed by atoms with E-state index in [4.69, 9.17) is 0 Å². The summed E-state index contributed by atoms with van der Waals surface area (Å²) in [6.45, 7) is 0. The average Bonchev–Trinajstić information content (AvgIpc) is 2.29. The molecule has 3 rings (SSSR count). The van der Waals surface area contributed by atoms with Gasteiger partial charge in [0, 0.05) is 17.9 Å². The molecule has 3 aliphatic rings. The average molecular weight is 210 g/mol. The van der Waals surface area contributed by atoms with Crippen molar-refractivity contribution < 1.29 is 9.59 Å². The van der Waals surface area contributed by atoms with Gasteiger partial charge in [0.25, 0.3) is 0 Å². The Labute approximate surface area is 93.3 Å². The smallest absolute Gasteiger partial charge is 0.186 e. The predicted octanol–water partition coefficient (Wildman–Crippen LogP) is 2.06. The third-order valence-electron chi connectivity index (χ3n) is 3.15. The van der Waals surface area contributed by atoms with Crippen LogP contribution in [0.4, 0.5) is 0 Å². The van der Waals surface area contributed by atoms with Crippen LogP contribution in [0.1, 0.15) is 6.42 Å². The molecule has 1 atom stereocenters. The van der Waals surface area contributed by atoms with E-state index >= 15 is 0 Å². The van der Waals surface area contributed by atoms with Crippen molar-refractivity contribution in [3.8, 4) is 0 Å². The Morgan fingerprint density at radius 2 is 1.94 bits per heavy atom. The fourth-order valence-electron chi connectivity index (χ4n) is 2.38. The van der Waals surface area contributed by atoms with Gasteiger partial charge in [-0.2, -0.15) is 0 Å². The fraction of sp³-hybridized carbons (Fsp3) is 0.143. The summed E-state index contributed by atoms with van der Waals surface area (Å²) in [6.07, 6.45) is 13.1. The number of allylic oxidation sites excluding steroid dienone is 10. The molecule has 0 aromatic heterocycles. The van der Waals surface area contributed by atoms with Crippen LogP contribution in [0, 0.1) is 5.92 Å². The first-order valence-corrected chi connectivity index (χ1v) is 5.30. The quantitative estimate of drug-likeness (QED) is 0.613. The maximum Gasteiger partial charge on any atom is 0.186 e. The second-order valence-electron chi connectivity index (χ2n) is 4.15. The molecule has 0 fully saturated rings. The van der Waals surface area contributed by atoms with Crippen molar-refractivity contribution in [2.45, 2.75) is 6.42 Å². The Bertz CT molecular complexity index is 539. The van der Waals surface area contributed by atoms with Crippen molar-refractivity contribution >= 4 is 11.6 Å². The van der Waals surface area contributed by atoms with E-state index in [0.29, 0.717) is 12.0 Å². The van der Waals surface area contributed by atoms with Crippen LogP contribution >= 0.6 is 0 Å². The lowest BCUT2D eigenvalue weighted by atomic mass is 9.75. The molecule has 2 nitrogen and oxygen atoms in total. The molecule has 3 aliphatic carbocycles. The highest BCUT2D eigenvalue weighted by Gasteiger charge is 2.29. The summed E-state index contributed by atoms with van der Waals surface area (Å²) in [5, 5.41) is 0. The lowest BCUT2D eigenvalue weighted by molar-refractivity contribution is -0.114. The zero-order valence-electron chi connectivity index (χ0n) is 8.64. The van der Waals surface area contributed by atoms with E-state index in [1.807, 2.05) is 24.3 Å². The van der Waals surface area contributed by atoms with E-state index in [9.17, 15) is 9.59 Å². The highest BCUT2D eigenvalue weighted by Crippen LogP contribution is 2.36. The summed E-state index contributed by atoms with van der Waals surface area (Å²) in [5.41, 5.74) is 2.65. The Morgan fingerprint density at radius 3 is 2.81 bits per heavy atom. The molecular weight excluding hydrogens is 200 g/mol. The van der Waals surface area contributed by atoms with Crippen molar-refractivity contribution in [2.75, 3.05) is 0 Å². The molecular formula is C14H10O2. The molecule has 2 heteroatoms. The highest BCUT2D eigenvalue weighted by atomic mass is 16.1. The summed E-state index contributed by atoms with van der Waals surface area (Å²) in [7, 11) is 0.